The van der Waals surface area contributed by atoms with Gasteiger partial charge in [0.25, 0.3) is 5.91 Å². The van der Waals surface area contributed by atoms with Gasteiger partial charge in [-0.25, -0.2) is 14.1 Å². The third-order valence-corrected chi connectivity index (χ3v) is 3.65. The van der Waals surface area contributed by atoms with Crippen molar-refractivity contribution in [3.8, 4) is 11.6 Å². The molecule has 0 radical (unpaired) electrons. The van der Waals surface area contributed by atoms with Gasteiger partial charge in [-0.05, 0) is 52.3 Å². The molecule has 8 heteroatoms. The van der Waals surface area contributed by atoms with Gasteiger partial charge in [-0.2, -0.15) is 5.10 Å². The van der Waals surface area contributed by atoms with Gasteiger partial charge in [0.05, 0.1) is 10.2 Å². The molecule has 6 nitrogen and oxygen atoms in total. The molecule has 122 valence electrons. The first-order valence-corrected chi connectivity index (χ1v) is 7.75. The second kappa shape index (κ2) is 7.22. The summed E-state index contributed by atoms with van der Waals surface area (Å²) in [6.07, 6.45) is 4.96. The zero-order chi connectivity index (χ0) is 16.9. The Kier molecular flexibility index (Phi) is 4.85. The summed E-state index contributed by atoms with van der Waals surface area (Å²) < 4.78 is 20.4. The molecule has 0 aliphatic rings. The number of aromatic nitrogens is 3. The molecule has 2 aromatic heterocycles. The van der Waals surface area contributed by atoms with Crippen LogP contribution in [0.15, 0.2) is 59.5 Å². The number of benzene rings is 1. The molecule has 1 N–H and O–H groups in total. The lowest BCUT2D eigenvalue weighted by Gasteiger charge is -2.11. The fourth-order valence-electron chi connectivity index (χ4n) is 1.99. The lowest BCUT2D eigenvalue weighted by molar-refractivity contribution is -0.118. The number of carbonyl (C=O) groups is 1. The summed E-state index contributed by atoms with van der Waals surface area (Å²) in [6.45, 7) is -0.225. The quantitative estimate of drug-likeness (QED) is 0.726. The summed E-state index contributed by atoms with van der Waals surface area (Å²) in [5, 5.41) is 6.82. The number of nitrogens with zero attached hydrogens (tertiary/aromatic N) is 3. The topological polar surface area (TPSA) is 69.0 Å². The Hall–Kier alpha value is -2.74. The van der Waals surface area contributed by atoms with Crippen molar-refractivity contribution in [2.45, 2.75) is 0 Å². The predicted molar refractivity (Wildman–Crippen MR) is 89.6 cm³/mol. The van der Waals surface area contributed by atoms with Crippen LogP contribution in [0.2, 0.25) is 0 Å². The minimum absolute atomic E-state index is 0.225. The van der Waals surface area contributed by atoms with Crippen LogP contribution in [0.3, 0.4) is 0 Å². The van der Waals surface area contributed by atoms with Crippen LogP contribution in [-0.2, 0) is 4.79 Å². The van der Waals surface area contributed by atoms with Crippen LogP contribution in [0.1, 0.15) is 0 Å². The molecule has 3 rings (SSSR count). The Morgan fingerprint density at radius 2 is 2.17 bits per heavy atom. The lowest BCUT2D eigenvalue weighted by Crippen LogP contribution is -2.21. The number of hydrogen-bond donors (Lipinski definition) is 1. The summed E-state index contributed by atoms with van der Waals surface area (Å²) in [5.74, 6) is 0.120. The largest absolute Gasteiger partial charge is 0.483 e. The second-order valence-corrected chi connectivity index (χ2v) is 5.59. The summed E-state index contributed by atoms with van der Waals surface area (Å²) >= 11 is 3.18. The van der Waals surface area contributed by atoms with Crippen molar-refractivity contribution < 1.29 is 13.9 Å². The van der Waals surface area contributed by atoms with E-state index < -0.39 is 5.82 Å². The van der Waals surface area contributed by atoms with Gasteiger partial charge in [0.2, 0.25) is 0 Å². The van der Waals surface area contributed by atoms with Gasteiger partial charge in [-0.3, -0.25) is 4.79 Å². The van der Waals surface area contributed by atoms with Gasteiger partial charge in [0, 0.05) is 18.6 Å². The van der Waals surface area contributed by atoms with Gasteiger partial charge < -0.3 is 10.1 Å². The molecule has 0 aliphatic carbocycles. The monoisotopic (exact) mass is 390 g/mol. The molecule has 0 bridgehead atoms. The highest BCUT2D eigenvalue weighted by Gasteiger charge is 2.11. The Labute approximate surface area is 145 Å². The minimum Gasteiger partial charge on any atom is -0.483 e. The molecule has 1 amide bonds. The van der Waals surface area contributed by atoms with Crippen LogP contribution in [-0.4, -0.2) is 27.3 Å². The minimum atomic E-state index is -0.391. The van der Waals surface area contributed by atoms with E-state index in [9.17, 15) is 9.18 Å². The molecular formula is C16H12BrFN4O2. The van der Waals surface area contributed by atoms with Crippen LogP contribution in [0.25, 0.3) is 5.82 Å². The van der Waals surface area contributed by atoms with Gasteiger partial charge >= 0.3 is 0 Å². The normalized spacial score (nSPS) is 10.4. The van der Waals surface area contributed by atoms with Crippen molar-refractivity contribution in [1.82, 2.24) is 14.8 Å². The highest BCUT2D eigenvalue weighted by Crippen LogP contribution is 2.25. The maximum Gasteiger partial charge on any atom is 0.262 e. The maximum atomic E-state index is 13.0. The highest BCUT2D eigenvalue weighted by atomic mass is 79.9. The summed E-state index contributed by atoms with van der Waals surface area (Å²) in [6, 6.07) is 9.16. The average molecular weight is 391 g/mol. The van der Waals surface area contributed by atoms with E-state index in [2.05, 4.69) is 31.3 Å². The highest BCUT2D eigenvalue weighted by molar-refractivity contribution is 9.10. The summed E-state index contributed by atoms with van der Waals surface area (Å²) in [4.78, 5) is 16.3. The number of rotatable bonds is 5. The van der Waals surface area contributed by atoms with E-state index in [1.165, 1.54) is 18.2 Å². The lowest BCUT2D eigenvalue weighted by atomic mass is 10.3. The van der Waals surface area contributed by atoms with Crippen LogP contribution in [0, 0.1) is 5.82 Å². The molecule has 24 heavy (non-hydrogen) atoms. The smallest absolute Gasteiger partial charge is 0.262 e. The van der Waals surface area contributed by atoms with Crippen molar-refractivity contribution in [3.63, 3.8) is 0 Å². The molecule has 0 atom stereocenters. The summed E-state index contributed by atoms with van der Waals surface area (Å²) in [5.41, 5.74) is 0.507. The van der Waals surface area contributed by atoms with Gasteiger partial charge in [0.1, 0.15) is 11.6 Å². The molecule has 0 spiro atoms. The van der Waals surface area contributed by atoms with E-state index >= 15 is 0 Å². The number of anilines is 1. The summed E-state index contributed by atoms with van der Waals surface area (Å²) in [7, 11) is 0. The predicted octanol–water partition coefficient (Wildman–Crippen LogP) is 3.19. The molecule has 0 unspecified atom stereocenters. The number of pyridine rings is 1. The van der Waals surface area contributed by atoms with E-state index in [1.54, 1.807) is 41.5 Å². The molecule has 0 aliphatic heterocycles. The number of hydrogen-bond acceptors (Lipinski definition) is 4. The fraction of sp³-hybridized carbons (Fsp3) is 0.0625. The Balaban J connectivity index is 1.67. The van der Waals surface area contributed by atoms with Crippen molar-refractivity contribution in [2.24, 2.45) is 0 Å². The zero-order valence-corrected chi connectivity index (χ0v) is 13.9. The molecule has 0 saturated carbocycles. The maximum absolute atomic E-state index is 13.0. The molecular weight excluding hydrogens is 379 g/mol. The SMILES string of the molecule is O=C(COc1ccc(F)cc1Br)Nc1cccnc1-n1cccn1. The Morgan fingerprint density at radius 3 is 2.92 bits per heavy atom. The number of nitrogens with one attached hydrogen (secondary N) is 1. The molecule has 1 aromatic carbocycles. The first-order valence-electron chi connectivity index (χ1n) is 6.96. The van der Waals surface area contributed by atoms with Gasteiger partial charge in [-0.1, -0.05) is 0 Å². The van der Waals surface area contributed by atoms with Crippen molar-refractivity contribution in [2.75, 3.05) is 11.9 Å². The number of amides is 1. The number of ether oxygens (including phenoxy) is 1. The van der Waals surface area contributed by atoms with E-state index in [0.29, 0.717) is 21.7 Å². The first-order chi connectivity index (χ1) is 11.6. The molecule has 0 saturated heterocycles. The third kappa shape index (κ3) is 3.77. The van der Waals surface area contributed by atoms with Crippen molar-refractivity contribution >= 4 is 27.5 Å². The average Bonchev–Trinajstić information content (AvgIpc) is 3.09. The van der Waals surface area contributed by atoms with E-state index in [4.69, 9.17) is 4.74 Å². The molecule has 3 aromatic rings. The van der Waals surface area contributed by atoms with Crippen molar-refractivity contribution in [1.29, 1.82) is 0 Å². The van der Waals surface area contributed by atoms with E-state index in [-0.39, 0.29) is 12.5 Å². The van der Waals surface area contributed by atoms with E-state index in [0.717, 1.165) is 0 Å². The standard InChI is InChI=1S/C16H12BrFN4O2/c17-12-9-11(18)4-5-14(12)24-10-15(23)21-13-3-1-6-19-16(13)22-8-2-7-20-22/h1-9H,10H2,(H,21,23). The van der Waals surface area contributed by atoms with Gasteiger partial charge in [0.15, 0.2) is 12.4 Å². The van der Waals surface area contributed by atoms with Crippen LogP contribution < -0.4 is 10.1 Å². The zero-order valence-electron chi connectivity index (χ0n) is 12.3. The van der Waals surface area contributed by atoms with Crippen LogP contribution in [0.5, 0.6) is 5.75 Å². The molecule has 2 heterocycles. The van der Waals surface area contributed by atoms with E-state index in [1.807, 2.05) is 0 Å². The Bertz CT molecular complexity index is 855. The third-order valence-electron chi connectivity index (χ3n) is 3.03. The number of carbonyl (C=O) groups excluding carboxylic acids is 1. The first kappa shape index (κ1) is 16.1. The fourth-order valence-corrected chi connectivity index (χ4v) is 2.46. The molecule has 0 fully saturated rings. The second-order valence-electron chi connectivity index (χ2n) is 4.74. The van der Waals surface area contributed by atoms with Crippen LogP contribution >= 0.6 is 15.9 Å². The van der Waals surface area contributed by atoms with Crippen molar-refractivity contribution in [3.05, 3.63) is 65.3 Å². The Morgan fingerprint density at radius 1 is 1.29 bits per heavy atom. The van der Waals surface area contributed by atoms with Crippen LogP contribution in [0.4, 0.5) is 10.1 Å². The number of halogens is 2. The van der Waals surface area contributed by atoms with Gasteiger partial charge in [-0.15, -0.1) is 0 Å².